The number of benzene rings is 1. The maximum absolute atomic E-state index is 12.9. The van der Waals surface area contributed by atoms with Gasteiger partial charge in [-0.3, -0.25) is 14.4 Å². The van der Waals surface area contributed by atoms with E-state index in [-0.39, 0.29) is 33.3 Å². The maximum atomic E-state index is 12.9. The molecule has 3 fully saturated rings. The Morgan fingerprint density at radius 1 is 1.37 bits per heavy atom. The summed E-state index contributed by atoms with van der Waals surface area (Å²) in [6.07, 6.45) is -1.58. The van der Waals surface area contributed by atoms with Crippen molar-refractivity contribution in [2.45, 2.75) is 64.8 Å². The smallest absolute Gasteiger partial charge is 0.316 e. The number of carbonyl (C=O) groups is 1. The van der Waals surface area contributed by atoms with Gasteiger partial charge in [0.1, 0.15) is 11.6 Å². The van der Waals surface area contributed by atoms with Crippen LogP contribution in [0.15, 0.2) is 27.7 Å². The van der Waals surface area contributed by atoms with Crippen LogP contribution in [0.25, 0.3) is 0 Å². The lowest BCUT2D eigenvalue weighted by Gasteiger charge is -2.62. The average Bonchev–Trinajstić information content (AvgIpc) is 2.61. The second-order valence-electron chi connectivity index (χ2n) is 9.25. The number of carbonyl (C=O) groups excluding carboxylic acids is 1. The molecule has 0 aliphatic heterocycles. The fourth-order valence-corrected chi connectivity index (χ4v) is 6.93. The highest BCUT2D eigenvalue weighted by Gasteiger charge is 2.61. The molecule has 0 radical (unpaired) electrons. The zero-order valence-electron chi connectivity index (χ0n) is 17.4. The lowest BCUT2D eigenvalue weighted by molar-refractivity contribution is -0.134. The molecule has 3 aliphatic carbocycles. The molecule has 4 rings (SSSR count). The molecule has 2 N–H and O–H groups in total. The molecule has 9 heteroatoms. The van der Waals surface area contributed by atoms with Gasteiger partial charge < -0.3 is 10.00 Å². The van der Waals surface area contributed by atoms with E-state index in [0.29, 0.717) is 23.6 Å². The van der Waals surface area contributed by atoms with E-state index in [1.54, 1.807) is 6.92 Å². The molecule has 4 unspecified atom stereocenters. The van der Waals surface area contributed by atoms with Gasteiger partial charge in [0, 0.05) is 16.6 Å². The van der Waals surface area contributed by atoms with E-state index in [1.165, 1.54) is 25.1 Å². The minimum Gasteiger partial charge on any atom is -0.384 e. The molecule has 30 heavy (non-hydrogen) atoms. The lowest BCUT2D eigenvalue weighted by Crippen LogP contribution is -2.65. The third-order valence-electron chi connectivity index (χ3n) is 7.00. The van der Waals surface area contributed by atoms with E-state index in [0.717, 1.165) is 6.42 Å². The van der Waals surface area contributed by atoms with Crippen LogP contribution in [-0.2, 0) is 15.8 Å². The molecule has 0 amide bonds. The van der Waals surface area contributed by atoms with E-state index in [2.05, 4.69) is 34.8 Å². The Morgan fingerprint density at radius 2 is 2.00 bits per heavy atom. The topological polar surface area (TPSA) is 87.0 Å². The molecule has 0 saturated heterocycles. The summed E-state index contributed by atoms with van der Waals surface area (Å²) in [6.45, 7) is 7.49. The Labute approximate surface area is 183 Å². The highest BCUT2D eigenvalue weighted by molar-refractivity contribution is 9.10. The van der Waals surface area contributed by atoms with Crippen LogP contribution in [0, 0.1) is 17.3 Å². The first-order chi connectivity index (χ1) is 13.7. The quantitative estimate of drug-likeness (QED) is 0.563. The van der Waals surface area contributed by atoms with Crippen molar-refractivity contribution in [3.63, 3.8) is 0 Å². The summed E-state index contributed by atoms with van der Waals surface area (Å²) in [7, 11) is -4.80. The monoisotopic (exact) mass is 505 g/mol. The summed E-state index contributed by atoms with van der Waals surface area (Å²) in [4.78, 5) is 26.5. The lowest BCUT2D eigenvalue weighted by atomic mass is 9.44. The number of ketones is 1. The predicted octanol–water partition coefficient (Wildman–Crippen LogP) is 4.33. The highest BCUT2D eigenvalue weighted by atomic mass is 79.9. The van der Waals surface area contributed by atoms with Gasteiger partial charge in [-0.15, -0.1) is 0 Å². The molecule has 166 valence electrons. The predicted molar refractivity (Wildman–Crippen MR) is 116 cm³/mol. The summed E-state index contributed by atoms with van der Waals surface area (Å²) in [5.41, 5.74) is 0.219. The number of Topliss-reactive ketones (excluding diaryl/α,β-unsaturated/α-hetero) is 1. The minimum absolute atomic E-state index is 0.0396. The zero-order valence-corrected chi connectivity index (χ0v) is 19.9. The van der Waals surface area contributed by atoms with Crippen molar-refractivity contribution in [2.75, 3.05) is 0 Å². The van der Waals surface area contributed by atoms with Crippen molar-refractivity contribution in [1.82, 2.24) is 0 Å². The molecule has 1 aromatic carbocycles. The second kappa shape index (κ2) is 7.88. The number of hydrogen-bond acceptors (Lipinski definition) is 4. The van der Waals surface area contributed by atoms with Crippen molar-refractivity contribution >= 4 is 40.1 Å². The molecule has 3 aliphatic rings. The Morgan fingerprint density at radius 3 is 2.47 bits per heavy atom. The van der Waals surface area contributed by atoms with Gasteiger partial charge in [0.25, 0.3) is 7.37 Å². The Balaban J connectivity index is 1.86. The molecular formula is C21H27BrF2NO4P. The Bertz CT molecular complexity index is 947. The van der Waals surface area contributed by atoms with Gasteiger partial charge in [-0.1, -0.05) is 19.9 Å². The normalized spacial score (nSPS) is 31.9. The van der Waals surface area contributed by atoms with Crippen molar-refractivity contribution in [3.8, 4) is 0 Å². The molecular weight excluding hydrogens is 479 g/mol. The third-order valence-corrected chi connectivity index (χ3v) is 9.58. The summed E-state index contributed by atoms with van der Waals surface area (Å²) < 4.78 is 37.8. The maximum Gasteiger partial charge on any atom is 0.316 e. The standard InChI is InChI=1S/C21H27BrF2NO4P/c1-11(26)15(25-18-10-13-9-17(20(13,2)3)21(18,4)27)8-12-5-6-16(14(22)7-12)30(28,29)19(23)24/h5-7,13,15,17,19,27H,8-10H2,1-4H3,(H,28,29)/b25-18-/t13?,15-,17?,21?/m0/s1. The number of nitrogens with zero attached hydrogens (tertiary/aromatic N) is 1. The minimum atomic E-state index is -4.80. The Kier molecular flexibility index (Phi) is 6.22. The Hall–Kier alpha value is -0.950. The van der Waals surface area contributed by atoms with Crippen LogP contribution in [0.3, 0.4) is 0 Å². The summed E-state index contributed by atoms with van der Waals surface area (Å²) in [5, 5.41) is 10.8. The van der Waals surface area contributed by atoms with Crippen LogP contribution in [0.1, 0.15) is 46.1 Å². The first-order valence-corrected chi connectivity index (χ1v) is 12.4. The van der Waals surface area contributed by atoms with Gasteiger partial charge in [-0.05, 0) is 77.6 Å². The van der Waals surface area contributed by atoms with E-state index in [1.807, 2.05) is 0 Å². The van der Waals surface area contributed by atoms with E-state index in [9.17, 15) is 28.1 Å². The zero-order chi connectivity index (χ0) is 22.6. The highest BCUT2D eigenvalue weighted by Crippen LogP contribution is 2.61. The van der Waals surface area contributed by atoms with Gasteiger partial charge in [0.2, 0.25) is 0 Å². The number of halogens is 3. The molecule has 2 bridgehead atoms. The molecule has 0 spiro atoms. The fourth-order valence-electron chi connectivity index (χ4n) is 4.87. The van der Waals surface area contributed by atoms with Crippen molar-refractivity contribution in [1.29, 1.82) is 0 Å². The molecule has 3 saturated carbocycles. The van der Waals surface area contributed by atoms with Gasteiger partial charge in [-0.2, -0.15) is 8.78 Å². The van der Waals surface area contributed by atoms with Crippen LogP contribution in [0.4, 0.5) is 8.78 Å². The van der Waals surface area contributed by atoms with Gasteiger partial charge in [0.15, 0.2) is 5.78 Å². The largest absolute Gasteiger partial charge is 0.384 e. The van der Waals surface area contributed by atoms with Crippen molar-refractivity contribution < 1.29 is 28.1 Å². The number of hydrogen-bond donors (Lipinski definition) is 2. The van der Waals surface area contributed by atoms with Crippen LogP contribution in [0.2, 0.25) is 0 Å². The van der Waals surface area contributed by atoms with E-state index in [4.69, 9.17) is 0 Å². The van der Waals surface area contributed by atoms with E-state index >= 15 is 0 Å². The first-order valence-electron chi connectivity index (χ1n) is 9.88. The van der Waals surface area contributed by atoms with Crippen LogP contribution >= 0.6 is 23.3 Å². The number of alkyl halides is 2. The SMILES string of the molecule is CC(=O)[C@H](Cc1ccc(P(=O)(O)C(F)F)c(Br)c1)/N=C1/CC2CC(C1(C)O)C2(C)C. The second-order valence-corrected chi connectivity index (χ2v) is 12.2. The number of aliphatic hydroxyl groups is 1. The van der Waals surface area contributed by atoms with Gasteiger partial charge in [0.05, 0.1) is 5.30 Å². The summed E-state index contributed by atoms with van der Waals surface area (Å²) in [6, 6.07) is 3.39. The van der Waals surface area contributed by atoms with Crippen LogP contribution in [0.5, 0.6) is 0 Å². The molecule has 0 heterocycles. The average molecular weight is 506 g/mol. The number of fused-ring (bicyclic) bond motifs is 2. The third kappa shape index (κ3) is 3.96. The van der Waals surface area contributed by atoms with Crippen molar-refractivity contribution in [2.24, 2.45) is 22.2 Å². The molecule has 1 aromatic rings. The van der Waals surface area contributed by atoms with Gasteiger partial charge in [-0.25, -0.2) is 0 Å². The van der Waals surface area contributed by atoms with E-state index < -0.39 is 25.2 Å². The van der Waals surface area contributed by atoms with Crippen molar-refractivity contribution in [3.05, 3.63) is 28.2 Å². The summed E-state index contributed by atoms with van der Waals surface area (Å²) in [5.74, 6) is 0.351. The molecule has 0 aromatic heterocycles. The first kappa shape index (κ1) is 23.7. The number of rotatable bonds is 6. The molecule has 5 atom stereocenters. The number of aliphatic imine (C=N–C) groups is 1. The summed E-state index contributed by atoms with van der Waals surface area (Å²) >= 11 is 3.09. The fraction of sp³-hybridized carbons (Fsp3) is 0.619. The van der Waals surface area contributed by atoms with Crippen LogP contribution < -0.4 is 5.30 Å². The molecule has 5 nitrogen and oxygen atoms in total. The van der Waals surface area contributed by atoms with Gasteiger partial charge >= 0.3 is 6.17 Å². The van der Waals surface area contributed by atoms with Crippen LogP contribution in [-0.4, -0.2) is 39.3 Å².